The fraction of sp³-hybridized carbons (Fsp3) is 0.562. The maximum absolute atomic E-state index is 11.9. The summed E-state index contributed by atoms with van der Waals surface area (Å²) in [4.78, 5) is 12.9. The van der Waals surface area contributed by atoms with Crippen molar-refractivity contribution in [2.45, 2.75) is 37.1 Å². The van der Waals surface area contributed by atoms with Gasteiger partial charge in [-0.25, -0.2) is 0 Å². The van der Waals surface area contributed by atoms with Gasteiger partial charge in [-0.3, -0.25) is 4.79 Å². The van der Waals surface area contributed by atoms with E-state index in [1.807, 2.05) is 32.0 Å². The number of nitrogens with one attached hydrogen (secondary N) is 1. The molecule has 6 heteroatoms. The van der Waals surface area contributed by atoms with Crippen LogP contribution in [0.3, 0.4) is 0 Å². The molecule has 0 aliphatic carbocycles. The number of thioether (sulfide) groups is 1. The molecule has 1 aliphatic heterocycles. The van der Waals surface area contributed by atoms with Crippen LogP contribution in [-0.2, 0) is 4.79 Å². The van der Waals surface area contributed by atoms with Gasteiger partial charge >= 0.3 is 0 Å². The van der Waals surface area contributed by atoms with Gasteiger partial charge in [0.25, 0.3) is 0 Å². The van der Waals surface area contributed by atoms with Crippen molar-refractivity contribution in [2.75, 3.05) is 25.5 Å². The molecule has 5 nitrogen and oxygen atoms in total. The van der Waals surface area contributed by atoms with Crippen LogP contribution in [0.25, 0.3) is 0 Å². The third-order valence-corrected chi connectivity index (χ3v) is 4.30. The van der Waals surface area contributed by atoms with Gasteiger partial charge in [0.15, 0.2) is 11.5 Å². The lowest BCUT2D eigenvalue weighted by Crippen LogP contribution is -2.48. The third-order valence-electron chi connectivity index (χ3n) is 3.30. The van der Waals surface area contributed by atoms with Crippen molar-refractivity contribution in [3.63, 3.8) is 0 Å². The van der Waals surface area contributed by atoms with Gasteiger partial charge in [0.05, 0.1) is 13.2 Å². The van der Waals surface area contributed by atoms with E-state index in [9.17, 15) is 4.79 Å². The first kappa shape index (κ1) is 17.0. The Bertz CT molecular complexity index is 520. The Kier molecular flexibility index (Phi) is 5.97. The van der Waals surface area contributed by atoms with E-state index >= 15 is 0 Å². The monoisotopic (exact) mass is 324 g/mol. The van der Waals surface area contributed by atoms with Gasteiger partial charge in [-0.05, 0) is 32.0 Å². The number of benzene rings is 1. The SMILES string of the molecule is CC(C)(CN)NC(=O)CCSc1ccc2c(c1)OCCCO2. The first-order valence-corrected chi connectivity index (χ1v) is 8.52. The number of rotatable bonds is 6. The number of ether oxygens (including phenoxy) is 2. The molecule has 122 valence electrons. The topological polar surface area (TPSA) is 73.6 Å². The van der Waals surface area contributed by atoms with E-state index in [2.05, 4.69) is 5.32 Å². The summed E-state index contributed by atoms with van der Waals surface area (Å²) >= 11 is 1.63. The molecule has 1 aliphatic rings. The summed E-state index contributed by atoms with van der Waals surface area (Å²) in [6.07, 6.45) is 1.36. The minimum Gasteiger partial charge on any atom is -0.490 e. The largest absolute Gasteiger partial charge is 0.490 e. The van der Waals surface area contributed by atoms with Gasteiger partial charge in [0.1, 0.15) is 0 Å². The third kappa shape index (κ3) is 5.10. The first-order valence-electron chi connectivity index (χ1n) is 7.54. The van der Waals surface area contributed by atoms with E-state index in [0.717, 1.165) is 22.8 Å². The molecule has 0 bridgehead atoms. The van der Waals surface area contributed by atoms with Crippen LogP contribution in [0.4, 0.5) is 0 Å². The van der Waals surface area contributed by atoms with E-state index in [1.165, 1.54) is 0 Å². The molecule has 1 aromatic rings. The maximum Gasteiger partial charge on any atom is 0.221 e. The zero-order valence-electron chi connectivity index (χ0n) is 13.2. The van der Waals surface area contributed by atoms with E-state index in [-0.39, 0.29) is 11.4 Å². The molecule has 0 saturated heterocycles. The lowest BCUT2D eigenvalue weighted by atomic mass is 10.1. The first-order chi connectivity index (χ1) is 10.5. The molecule has 22 heavy (non-hydrogen) atoms. The zero-order chi connectivity index (χ0) is 16.0. The van der Waals surface area contributed by atoms with Crippen molar-refractivity contribution in [2.24, 2.45) is 5.73 Å². The Labute approximate surface area is 135 Å². The zero-order valence-corrected chi connectivity index (χ0v) is 14.0. The van der Waals surface area contributed by atoms with Crippen molar-refractivity contribution in [1.82, 2.24) is 5.32 Å². The second-order valence-corrected chi connectivity index (χ2v) is 7.06. The summed E-state index contributed by atoms with van der Waals surface area (Å²) < 4.78 is 11.3. The molecule has 1 amide bonds. The van der Waals surface area contributed by atoms with Crippen LogP contribution in [0.1, 0.15) is 26.7 Å². The molecular weight excluding hydrogens is 300 g/mol. The van der Waals surface area contributed by atoms with E-state index in [1.54, 1.807) is 11.8 Å². The average Bonchev–Trinajstić information content (AvgIpc) is 2.71. The lowest BCUT2D eigenvalue weighted by Gasteiger charge is -2.24. The van der Waals surface area contributed by atoms with Gasteiger partial charge in [0.2, 0.25) is 5.91 Å². The molecular formula is C16H24N2O3S. The molecule has 3 N–H and O–H groups in total. The van der Waals surface area contributed by atoms with Crippen molar-refractivity contribution in [3.05, 3.63) is 18.2 Å². The molecule has 0 unspecified atom stereocenters. The highest BCUT2D eigenvalue weighted by Gasteiger charge is 2.18. The summed E-state index contributed by atoms with van der Waals surface area (Å²) in [6, 6.07) is 5.91. The summed E-state index contributed by atoms with van der Waals surface area (Å²) in [5.41, 5.74) is 5.26. The highest BCUT2D eigenvalue weighted by Crippen LogP contribution is 2.33. The van der Waals surface area contributed by atoms with Crippen molar-refractivity contribution in [1.29, 1.82) is 0 Å². The number of amides is 1. The Morgan fingerprint density at radius 2 is 2.05 bits per heavy atom. The molecule has 1 heterocycles. The summed E-state index contributed by atoms with van der Waals surface area (Å²) in [5, 5.41) is 2.93. The average molecular weight is 324 g/mol. The number of hydrogen-bond donors (Lipinski definition) is 2. The highest BCUT2D eigenvalue weighted by atomic mass is 32.2. The molecule has 0 aromatic heterocycles. The normalized spacial score (nSPS) is 14.3. The second-order valence-electron chi connectivity index (χ2n) is 5.89. The molecule has 1 aromatic carbocycles. The van der Waals surface area contributed by atoms with E-state index in [0.29, 0.717) is 31.9 Å². The molecule has 2 rings (SSSR count). The van der Waals surface area contributed by atoms with Gasteiger partial charge in [-0.2, -0.15) is 0 Å². The Morgan fingerprint density at radius 1 is 1.32 bits per heavy atom. The van der Waals surface area contributed by atoms with Gasteiger partial charge in [-0.1, -0.05) is 0 Å². The van der Waals surface area contributed by atoms with E-state index < -0.39 is 0 Å². The quantitative estimate of drug-likeness (QED) is 0.785. The van der Waals surface area contributed by atoms with Crippen LogP contribution < -0.4 is 20.5 Å². The number of carbonyl (C=O) groups excluding carboxylic acids is 1. The van der Waals surface area contributed by atoms with E-state index in [4.69, 9.17) is 15.2 Å². The van der Waals surface area contributed by atoms with Crippen LogP contribution in [0.2, 0.25) is 0 Å². The fourth-order valence-electron chi connectivity index (χ4n) is 1.99. The van der Waals surface area contributed by atoms with Crippen LogP contribution in [-0.4, -0.2) is 37.0 Å². The van der Waals surface area contributed by atoms with Crippen LogP contribution in [0.15, 0.2) is 23.1 Å². The minimum atomic E-state index is -0.350. The molecule has 0 radical (unpaired) electrons. The summed E-state index contributed by atoms with van der Waals surface area (Å²) in [6.45, 7) is 5.63. The maximum atomic E-state index is 11.9. The smallest absolute Gasteiger partial charge is 0.221 e. The Morgan fingerprint density at radius 3 is 2.77 bits per heavy atom. The Hall–Kier alpha value is -1.40. The molecule has 0 saturated carbocycles. The molecule has 0 spiro atoms. The predicted octanol–water partition coefficient (Wildman–Crippen LogP) is 2.18. The Balaban J connectivity index is 1.82. The standard InChI is InChI=1S/C16H24N2O3S/c1-16(2,11-17)18-15(19)6-9-22-12-4-5-13-14(10-12)21-8-3-7-20-13/h4-5,10H,3,6-9,11,17H2,1-2H3,(H,18,19). The van der Waals surface area contributed by atoms with Crippen LogP contribution >= 0.6 is 11.8 Å². The molecule has 0 fully saturated rings. The number of carbonyl (C=O) groups is 1. The number of hydrogen-bond acceptors (Lipinski definition) is 5. The molecule has 0 atom stereocenters. The summed E-state index contributed by atoms with van der Waals surface area (Å²) in [7, 11) is 0. The predicted molar refractivity (Wildman–Crippen MR) is 88.7 cm³/mol. The number of fused-ring (bicyclic) bond motifs is 1. The van der Waals surface area contributed by atoms with Gasteiger partial charge in [-0.15, -0.1) is 11.8 Å². The van der Waals surface area contributed by atoms with Crippen LogP contribution in [0.5, 0.6) is 11.5 Å². The van der Waals surface area contributed by atoms with Crippen molar-refractivity contribution in [3.8, 4) is 11.5 Å². The van der Waals surface area contributed by atoms with Crippen LogP contribution in [0, 0.1) is 0 Å². The van der Waals surface area contributed by atoms with Gasteiger partial charge in [0, 0.05) is 35.6 Å². The van der Waals surface area contributed by atoms with Crippen molar-refractivity contribution >= 4 is 17.7 Å². The second kappa shape index (κ2) is 7.74. The fourth-order valence-corrected chi connectivity index (χ4v) is 2.86. The minimum absolute atomic E-state index is 0.0253. The van der Waals surface area contributed by atoms with Crippen molar-refractivity contribution < 1.29 is 14.3 Å². The lowest BCUT2D eigenvalue weighted by molar-refractivity contribution is -0.122. The van der Waals surface area contributed by atoms with Gasteiger partial charge < -0.3 is 20.5 Å². The highest BCUT2D eigenvalue weighted by molar-refractivity contribution is 7.99. The summed E-state index contributed by atoms with van der Waals surface area (Å²) in [5.74, 6) is 2.32. The number of nitrogens with two attached hydrogens (primary N) is 1.